The number of halogens is 2. The first-order valence-corrected chi connectivity index (χ1v) is 6.91. The molecule has 1 heterocycles. The number of anilines is 1. The predicted octanol–water partition coefficient (Wildman–Crippen LogP) is 2.93. The summed E-state index contributed by atoms with van der Waals surface area (Å²) < 4.78 is 0. The van der Waals surface area contributed by atoms with Gasteiger partial charge in [0.25, 0.3) is 5.91 Å². The molecule has 0 aromatic heterocycles. The van der Waals surface area contributed by atoms with Gasteiger partial charge in [0.05, 0.1) is 4.91 Å². The standard InChI is InChI=1S/C13H12ClN3O2S.BrH/c1-15-13-17(2)12(19)10(20-13)7-11(18)16-9-5-3-8(14)4-6-9;/h3-7H,1-2H3,(H,16,18);1H/b10-7-,15-13?;. The maximum Gasteiger partial charge on any atom is 0.266 e. The van der Waals surface area contributed by atoms with Crippen LogP contribution >= 0.6 is 40.3 Å². The van der Waals surface area contributed by atoms with Crippen molar-refractivity contribution in [3.63, 3.8) is 0 Å². The van der Waals surface area contributed by atoms with Crippen molar-refractivity contribution in [3.8, 4) is 0 Å². The van der Waals surface area contributed by atoms with Crippen LogP contribution in [0.4, 0.5) is 5.69 Å². The Bertz CT molecular complexity index is 616. The molecule has 0 bridgehead atoms. The molecule has 0 unspecified atom stereocenters. The number of aliphatic imine (C=N–C) groups is 1. The normalized spacial score (nSPS) is 18.0. The Labute approximate surface area is 142 Å². The SMILES string of the molecule is Br.CN=C1S/C(=C\C(=O)Nc2ccc(Cl)cc2)C(=O)N1C. The van der Waals surface area contributed by atoms with Crippen LogP contribution in [0.3, 0.4) is 0 Å². The van der Waals surface area contributed by atoms with Gasteiger partial charge in [0.2, 0.25) is 5.91 Å². The molecule has 1 aromatic rings. The van der Waals surface area contributed by atoms with Gasteiger partial charge in [0, 0.05) is 30.9 Å². The first-order chi connectivity index (χ1) is 9.51. The first kappa shape index (κ1) is 17.7. The minimum Gasteiger partial charge on any atom is -0.322 e. The number of carbonyl (C=O) groups is 2. The van der Waals surface area contributed by atoms with Gasteiger partial charge in [-0.15, -0.1) is 17.0 Å². The van der Waals surface area contributed by atoms with Crippen LogP contribution in [0.5, 0.6) is 0 Å². The highest BCUT2D eigenvalue weighted by Gasteiger charge is 2.30. The fourth-order valence-corrected chi connectivity index (χ4v) is 2.60. The maximum absolute atomic E-state index is 11.9. The summed E-state index contributed by atoms with van der Waals surface area (Å²) in [6, 6.07) is 6.73. The smallest absolute Gasteiger partial charge is 0.266 e. The van der Waals surface area contributed by atoms with Gasteiger partial charge in [0.1, 0.15) is 0 Å². The molecular formula is C13H13BrClN3O2S. The van der Waals surface area contributed by atoms with E-state index in [0.717, 1.165) is 0 Å². The lowest BCUT2D eigenvalue weighted by atomic mass is 10.3. The van der Waals surface area contributed by atoms with Crippen LogP contribution in [-0.4, -0.2) is 36.0 Å². The molecule has 2 rings (SSSR count). The van der Waals surface area contributed by atoms with Gasteiger partial charge in [-0.25, -0.2) is 0 Å². The van der Waals surface area contributed by atoms with E-state index in [1.165, 1.54) is 22.7 Å². The largest absolute Gasteiger partial charge is 0.322 e. The minimum absolute atomic E-state index is 0. The van der Waals surface area contributed by atoms with Crippen LogP contribution in [0.1, 0.15) is 0 Å². The van der Waals surface area contributed by atoms with Crippen LogP contribution in [-0.2, 0) is 9.59 Å². The second-order valence-corrected chi connectivity index (χ2v) is 5.42. The molecular weight excluding hydrogens is 378 g/mol. The molecule has 2 amide bonds. The maximum atomic E-state index is 11.9. The summed E-state index contributed by atoms with van der Waals surface area (Å²) in [4.78, 5) is 29.4. The van der Waals surface area contributed by atoms with Gasteiger partial charge in [-0.2, -0.15) is 0 Å². The second-order valence-electron chi connectivity index (χ2n) is 3.98. The molecule has 0 atom stereocenters. The lowest BCUT2D eigenvalue weighted by Crippen LogP contribution is -2.24. The van der Waals surface area contributed by atoms with Crippen molar-refractivity contribution >= 4 is 63.0 Å². The van der Waals surface area contributed by atoms with E-state index in [0.29, 0.717) is 20.8 Å². The van der Waals surface area contributed by atoms with Crippen LogP contribution in [0.25, 0.3) is 0 Å². The molecule has 21 heavy (non-hydrogen) atoms. The van der Waals surface area contributed by atoms with Crippen molar-refractivity contribution in [1.29, 1.82) is 0 Å². The molecule has 1 saturated heterocycles. The number of nitrogens with zero attached hydrogens (tertiary/aromatic N) is 2. The molecule has 0 saturated carbocycles. The van der Waals surface area contributed by atoms with Crippen LogP contribution in [0.15, 0.2) is 40.2 Å². The molecule has 1 fully saturated rings. The molecule has 5 nitrogen and oxygen atoms in total. The van der Waals surface area contributed by atoms with Crippen molar-refractivity contribution in [2.45, 2.75) is 0 Å². The van der Waals surface area contributed by atoms with E-state index in [1.54, 1.807) is 38.4 Å². The van der Waals surface area contributed by atoms with Crippen molar-refractivity contribution in [2.75, 3.05) is 19.4 Å². The zero-order valence-electron chi connectivity index (χ0n) is 11.3. The highest BCUT2D eigenvalue weighted by Crippen LogP contribution is 2.29. The Morgan fingerprint density at radius 3 is 2.52 bits per heavy atom. The van der Waals surface area contributed by atoms with E-state index in [1.807, 2.05) is 0 Å². The van der Waals surface area contributed by atoms with E-state index >= 15 is 0 Å². The van der Waals surface area contributed by atoms with Gasteiger partial charge in [-0.3, -0.25) is 19.5 Å². The molecule has 0 aliphatic carbocycles. The highest BCUT2D eigenvalue weighted by molar-refractivity contribution is 8.93. The van der Waals surface area contributed by atoms with Crippen molar-refractivity contribution in [2.24, 2.45) is 4.99 Å². The number of carbonyl (C=O) groups excluding carboxylic acids is 2. The zero-order valence-corrected chi connectivity index (χ0v) is 14.6. The lowest BCUT2D eigenvalue weighted by molar-refractivity contribution is -0.121. The summed E-state index contributed by atoms with van der Waals surface area (Å²) in [5.41, 5.74) is 0.615. The molecule has 1 aliphatic rings. The quantitative estimate of drug-likeness (QED) is 0.790. The number of nitrogens with one attached hydrogen (secondary N) is 1. The first-order valence-electron chi connectivity index (χ1n) is 5.72. The van der Waals surface area contributed by atoms with Crippen molar-refractivity contribution in [3.05, 3.63) is 40.3 Å². The Balaban J connectivity index is 0.00000220. The second kappa shape index (κ2) is 7.63. The van der Waals surface area contributed by atoms with Gasteiger partial charge in [-0.1, -0.05) is 11.6 Å². The minimum atomic E-state index is -0.367. The average molecular weight is 391 g/mol. The van der Waals surface area contributed by atoms with Crippen LogP contribution in [0.2, 0.25) is 5.02 Å². The Kier molecular flexibility index (Phi) is 6.44. The van der Waals surface area contributed by atoms with Gasteiger partial charge >= 0.3 is 0 Å². The topological polar surface area (TPSA) is 61.8 Å². The summed E-state index contributed by atoms with van der Waals surface area (Å²) >= 11 is 6.94. The number of amidine groups is 1. The Morgan fingerprint density at radius 2 is 2.00 bits per heavy atom. The van der Waals surface area contributed by atoms with E-state index in [-0.39, 0.29) is 28.8 Å². The van der Waals surface area contributed by atoms with Crippen molar-refractivity contribution < 1.29 is 9.59 Å². The molecule has 0 spiro atoms. The molecule has 0 radical (unpaired) electrons. The van der Waals surface area contributed by atoms with Gasteiger partial charge < -0.3 is 5.32 Å². The summed E-state index contributed by atoms with van der Waals surface area (Å²) in [6.07, 6.45) is 1.27. The number of hydrogen-bond donors (Lipinski definition) is 1. The summed E-state index contributed by atoms with van der Waals surface area (Å²) in [6.45, 7) is 0. The number of rotatable bonds is 2. The fraction of sp³-hybridized carbons (Fsp3) is 0.154. The molecule has 1 aliphatic heterocycles. The Morgan fingerprint density at radius 1 is 1.38 bits per heavy atom. The molecule has 1 N–H and O–H groups in total. The van der Waals surface area contributed by atoms with Gasteiger partial charge in [0.15, 0.2) is 5.17 Å². The third kappa shape index (κ3) is 4.33. The third-order valence-corrected chi connectivity index (χ3v) is 3.97. The lowest BCUT2D eigenvalue weighted by Gasteiger charge is -2.05. The average Bonchev–Trinajstić information content (AvgIpc) is 2.69. The number of benzene rings is 1. The molecule has 112 valence electrons. The van der Waals surface area contributed by atoms with Gasteiger partial charge in [-0.05, 0) is 36.0 Å². The number of hydrogen-bond acceptors (Lipinski definition) is 4. The molecule has 8 heteroatoms. The zero-order chi connectivity index (χ0) is 14.7. The number of amides is 2. The van der Waals surface area contributed by atoms with Crippen LogP contribution < -0.4 is 5.32 Å². The highest BCUT2D eigenvalue weighted by atomic mass is 79.9. The molecule has 1 aromatic carbocycles. The third-order valence-electron chi connectivity index (χ3n) is 2.57. The fourth-order valence-electron chi connectivity index (χ4n) is 1.58. The van der Waals surface area contributed by atoms with Crippen molar-refractivity contribution in [1.82, 2.24) is 4.90 Å². The Hall–Kier alpha value is -1.31. The van der Waals surface area contributed by atoms with E-state index < -0.39 is 0 Å². The number of thioether (sulfide) groups is 1. The number of likely N-dealkylation sites (N-methyl/N-ethyl adjacent to an activating group) is 1. The van der Waals surface area contributed by atoms with E-state index in [9.17, 15) is 9.59 Å². The summed E-state index contributed by atoms with van der Waals surface area (Å²) in [7, 11) is 3.22. The monoisotopic (exact) mass is 389 g/mol. The van der Waals surface area contributed by atoms with Crippen LogP contribution in [0, 0.1) is 0 Å². The summed E-state index contributed by atoms with van der Waals surface area (Å²) in [5, 5.41) is 3.83. The van der Waals surface area contributed by atoms with E-state index in [4.69, 9.17) is 11.6 Å². The van der Waals surface area contributed by atoms with E-state index in [2.05, 4.69) is 10.3 Å². The predicted molar refractivity (Wildman–Crippen MR) is 92.2 cm³/mol. The summed E-state index contributed by atoms with van der Waals surface area (Å²) in [5.74, 6) is -0.601.